The lowest BCUT2D eigenvalue weighted by atomic mass is 10.1. The van der Waals surface area contributed by atoms with Gasteiger partial charge in [-0.3, -0.25) is 4.79 Å². The number of rotatable bonds is 5. The molecule has 0 saturated heterocycles. The number of amides is 1. The number of phenolic OH excluding ortho intramolecular Hbond substituents is 1. The van der Waals surface area contributed by atoms with Crippen LogP contribution in [0.25, 0.3) is 0 Å². The third-order valence-electron chi connectivity index (χ3n) is 3.12. The van der Waals surface area contributed by atoms with E-state index in [2.05, 4.69) is 10.5 Å². The van der Waals surface area contributed by atoms with Crippen molar-refractivity contribution in [3.63, 3.8) is 0 Å². The van der Waals surface area contributed by atoms with E-state index in [1.54, 1.807) is 24.3 Å². The monoisotopic (exact) mass is 298 g/mol. The first-order valence-corrected chi connectivity index (χ1v) is 6.85. The molecule has 0 fully saturated rings. The molecule has 2 aromatic rings. The Morgan fingerprint density at radius 1 is 1.23 bits per heavy atom. The molecule has 5 nitrogen and oxygen atoms in total. The van der Waals surface area contributed by atoms with E-state index in [0.29, 0.717) is 11.3 Å². The van der Waals surface area contributed by atoms with Gasteiger partial charge in [0.05, 0.1) is 6.21 Å². The van der Waals surface area contributed by atoms with Crippen LogP contribution < -0.4 is 10.2 Å². The Labute approximate surface area is 129 Å². The van der Waals surface area contributed by atoms with E-state index >= 15 is 0 Å². The van der Waals surface area contributed by atoms with Gasteiger partial charge < -0.3 is 9.84 Å². The molecule has 0 spiro atoms. The van der Waals surface area contributed by atoms with Gasteiger partial charge in [0.2, 0.25) is 0 Å². The second-order valence-corrected chi connectivity index (χ2v) is 4.92. The summed E-state index contributed by atoms with van der Waals surface area (Å²) in [5.41, 5.74) is 5.35. The Hall–Kier alpha value is -2.82. The van der Waals surface area contributed by atoms with Crippen molar-refractivity contribution in [3.05, 3.63) is 59.2 Å². The highest BCUT2D eigenvalue weighted by Crippen LogP contribution is 2.16. The second-order valence-electron chi connectivity index (χ2n) is 4.92. The van der Waals surface area contributed by atoms with E-state index in [9.17, 15) is 9.90 Å². The number of carbonyl (C=O) groups excluding carboxylic acids is 1. The summed E-state index contributed by atoms with van der Waals surface area (Å²) in [6, 6.07) is 12.2. The van der Waals surface area contributed by atoms with Gasteiger partial charge in [-0.05, 0) is 54.8 Å². The van der Waals surface area contributed by atoms with E-state index in [-0.39, 0.29) is 18.3 Å². The van der Waals surface area contributed by atoms with Crippen molar-refractivity contribution in [2.24, 2.45) is 5.10 Å². The largest absolute Gasteiger partial charge is 0.508 e. The van der Waals surface area contributed by atoms with Crippen molar-refractivity contribution in [1.82, 2.24) is 5.43 Å². The average molecular weight is 298 g/mol. The molecular formula is C17H18N2O3. The number of nitrogens with one attached hydrogen (secondary N) is 1. The molecule has 0 unspecified atom stereocenters. The minimum absolute atomic E-state index is 0.111. The lowest BCUT2D eigenvalue weighted by Gasteiger charge is -2.07. The molecule has 0 aliphatic carbocycles. The zero-order valence-electron chi connectivity index (χ0n) is 12.5. The molecule has 0 atom stereocenters. The van der Waals surface area contributed by atoms with Gasteiger partial charge in [-0.2, -0.15) is 5.10 Å². The molecule has 0 aliphatic heterocycles. The van der Waals surface area contributed by atoms with Crippen LogP contribution in [0.2, 0.25) is 0 Å². The SMILES string of the molecule is Cc1ccc(OCC(=O)N/N=C\c2cccc(O)c2)cc1C. The quantitative estimate of drug-likeness (QED) is 0.658. The van der Waals surface area contributed by atoms with Crippen molar-refractivity contribution in [3.8, 4) is 11.5 Å². The van der Waals surface area contributed by atoms with E-state index in [0.717, 1.165) is 5.56 Å². The Morgan fingerprint density at radius 2 is 2.05 bits per heavy atom. The van der Waals surface area contributed by atoms with Gasteiger partial charge in [0, 0.05) is 0 Å². The molecule has 0 aromatic heterocycles. The first-order valence-electron chi connectivity index (χ1n) is 6.85. The molecule has 1 amide bonds. The average Bonchev–Trinajstić information content (AvgIpc) is 2.48. The third-order valence-corrected chi connectivity index (χ3v) is 3.12. The minimum Gasteiger partial charge on any atom is -0.508 e. The van der Waals surface area contributed by atoms with Crippen LogP contribution in [0, 0.1) is 13.8 Å². The van der Waals surface area contributed by atoms with Crippen LogP contribution in [0.5, 0.6) is 11.5 Å². The Morgan fingerprint density at radius 3 is 2.77 bits per heavy atom. The highest BCUT2D eigenvalue weighted by atomic mass is 16.5. The molecular weight excluding hydrogens is 280 g/mol. The van der Waals surface area contributed by atoms with Crippen molar-refractivity contribution in [1.29, 1.82) is 0 Å². The van der Waals surface area contributed by atoms with Crippen molar-refractivity contribution in [2.45, 2.75) is 13.8 Å². The van der Waals surface area contributed by atoms with Crippen LogP contribution in [-0.4, -0.2) is 23.8 Å². The molecule has 0 saturated carbocycles. The van der Waals surface area contributed by atoms with Crippen molar-refractivity contribution < 1.29 is 14.6 Å². The Kier molecular flexibility index (Phi) is 5.14. The summed E-state index contributed by atoms with van der Waals surface area (Å²) in [5, 5.41) is 13.1. The standard InChI is InChI=1S/C17H18N2O3/c1-12-6-7-16(8-13(12)2)22-11-17(21)19-18-10-14-4-3-5-15(20)9-14/h3-10,20H,11H2,1-2H3,(H,19,21)/b18-10-. The molecule has 2 rings (SSSR count). The Balaban J connectivity index is 1.81. The molecule has 114 valence electrons. The number of aryl methyl sites for hydroxylation is 2. The maximum Gasteiger partial charge on any atom is 0.277 e. The number of carbonyl (C=O) groups is 1. The fourth-order valence-electron chi connectivity index (χ4n) is 1.77. The fraction of sp³-hybridized carbons (Fsp3) is 0.176. The molecule has 2 N–H and O–H groups in total. The fourth-order valence-corrected chi connectivity index (χ4v) is 1.77. The zero-order valence-corrected chi connectivity index (χ0v) is 12.5. The lowest BCUT2D eigenvalue weighted by molar-refractivity contribution is -0.123. The van der Waals surface area contributed by atoms with E-state index in [1.807, 2.05) is 32.0 Å². The molecule has 5 heteroatoms. The number of hydrogen-bond donors (Lipinski definition) is 2. The number of benzene rings is 2. The second kappa shape index (κ2) is 7.26. The van der Waals surface area contributed by atoms with E-state index in [4.69, 9.17) is 4.74 Å². The zero-order chi connectivity index (χ0) is 15.9. The summed E-state index contributed by atoms with van der Waals surface area (Å²) < 4.78 is 5.40. The van der Waals surface area contributed by atoms with Crippen molar-refractivity contribution in [2.75, 3.05) is 6.61 Å². The van der Waals surface area contributed by atoms with Gasteiger partial charge in [-0.15, -0.1) is 0 Å². The van der Waals surface area contributed by atoms with Crippen LogP contribution in [0.3, 0.4) is 0 Å². The molecule has 0 aliphatic rings. The number of hydrogen-bond acceptors (Lipinski definition) is 4. The van der Waals surface area contributed by atoms with E-state index in [1.165, 1.54) is 11.8 Å². The maximum absolute atomic E-state index is 11.6. The van der Waals surface area contributed by atoms with E-state index < -0.39 is 0 Å². The van der Waals surface area contributed by atoms with Crippen LogP contribution in [0.4, 0.5) is 0 Å². The highest BCUT2D eigenvalue weighted by Gasteiger charge is 2.02. The van der Waals surface area contributed by atoms with Gasteiger partial charge in [-0.25, -0.2) is 5.43 Å². The van der Waals surface area contributed by atoms with Gasteiger partial charge in [0.15, 0.2) is 6.61 Å². The summed E-state index contributed by atoms with van der Waals surface area (Å²) >= 11 is 0. The number of nitrogens with zero attached hydrogens (tertiary/aromatic N) is 1. The summed E-state index contributed by atoms with van der Waals surface area (Å²) in [5.74, 6) is 0.443. The summed E-state index contributed by atoms with van der Waals surface area (Å²) in [6.07, 6.45) is 1.45. The maximum atomic E-state index is 11.6. The van der Waals surface area contributed by atoms with Gasteiger partial charge >= 0.3 is 0 Å². The molecule has 0 bridgehead atoms. The topological polar surface area (TPSA) is 70.9 Å². The third kappa shape index (κ3) is 4.63. The predicted octanol–water partition coefficient (Wildman–Crippen LogP) is 2.54. The summed E-state index contributed by atoms with van der Waals surface area (Å²) in [7, 11) is 0. The Bertz CT molecular complexity index is 696. The normalized spacial score (nSPS) is 10.6. The van der Waals surface area contributed by atoms with Crippen LogP contribution >= 0.6 is 0 Å². The number of aromatic hydroxyl groups is 1. The van der Waals surface area contributed by atoms with Gasteiger partial charge in [0.1, 0.15) is 11.5 Å². The molecule has 0 radical (unpaired) electrons. The highest BCUT2D eigenvalue weighted by molar-refractivity contribution is 5.83. The van der Waals surface area contributed by atoms with Gasteiger partial charge in [0.25, 0.3) is 5.91 Å². The minimum atomic E-state index is -0.352. The lowest BCUT2D eigenvalue weighted by Crippen LogP contribution is -2.24. The molecule has 22 heavy (non-hydrogen) atoms. The van der Waals surface area contributed by atoms with Crippen LogP contribution in [-0.2, 0) is 4.79 Å². The molecule has 2 aromatic carbocycles. The van der Waals surface area contributed by atoms with Crippen molar-refractivity contribution >= 4 is 12.1 Å². The van der Waals surface area contributed by atoms with Crippen LogP contribution in [0.1, 0.15) is 16.7 Å². The summed E-state index contributed by atoms with van der Waals surface area (Å²) in [6.45, 7) is 3.89. The number of hydrazone groups is 1. The first-order chi connectivity index (χ1) is 10.5. The van der Waals surface area contributed by atoms with Crippen LogP contribution in [0.15, 0.2) is 47.6 Å². The summed E-state index contributed by atoms with van der Waals surface area (Å²) in [4.78, 5) is 11.6. The van der Waals surface area contributed by atoms with Gasteiger partial charge in [-0.1, -0.05) is 18.2 Å². The number of ether oxygens (including phenoxy) is 1. The number of phenols is 1. The smallest absolute Gasteiger partial charge is 0.277 e. The molecule has 0 heterocycles. The first kappa shape index (κ1) is 15.6. The predicted molar refractivity (Wildman–Crippen MR) is 85.3 cm³/mol.